The Hall–Kier alpha value is -2.60. The first-order valence-electron chi connectivity index (χ1n) is 10.1. The summed E-state index contributed by atoms with van der Waals surface area (Å²) in [5.74, 6) is 0. The van der Waals surface area contributed by atoms with Gasteiger partial charge in [-0.25, -0.2) is 0 Å². The highest BCUT2D eigenvalue weighted by molar-refractivity contribution is 5.91. The molecule has 0 N–H and O–H groups in total. The molecule has 0 heteroatoms. The molecule has 0 aliphatic rings. The zero-order chi connectivity index (χ0) is 18.7. The van der Waals surface area contributed by atoms with Gasteiger partial charge < -0.3 is 0 Å². The molecule has 0 aliphatic carbocycles. The Bertz CT molecular complexity index is 968. The maximum atomic E-state index is 4.14. The van der Waals surface area contributed by atoms with Crippen molar-refractivity contribution in [3.8, 4) is 0 Å². The number of benzene rings is 4. The topological polar surface area (TPSA) is 0 Å². The molecule has 0 bridgehead atoms. The van der Waals surface area contributed by atoms with Gasteiger partial charge in [0.05, 0.1) is 0 Å². The van der Waals surface area contributed by atoms with E-state index in [0.717, 1.165) is 25.7 Å². The third-order valence-corrected chi connectivity index (χ3v) is 6.07. The van der Waals surface area contributed by atoms with E-state index < -0.39 is 0 Å². The Morgan fingerprint density at radius 2 is 1.15 bits per heavy atom. The molecule has 0 unspecified atom stereocenters. The molecule has 1 radical (unpaired) electrons. The lowest BCUT2D eigenvalue weighted by Crippen LogP contribution is -2.27. The second-order valence-corrected chi connectivity index (χ2v) is 7.45. The van der Waals surface area contributed by atoms with Gasteiger partial charge in [-0.2, -0.15) is 0 Å². The van der Waals surface area contributed by atoms with Crippen LogP contribution in [0.5, 0.6) is 0 Å². The fraction of sp³-hybridized carbons (Fsp3) is 0.222. The third kappa shape index (κ3) is 3.04. The molecule has 0 saturated carbocycles. The van der Waals surface area contributed by atoms with Gasteiger partial charge in [-0.15, -0.1) is 0 Å². The fourth-order valence-corrected chi connectivity index (χ4v) is 4.68. The molecule has 0 spiro atoms. The van der Waals surface area contributed by atoms with Crippen LogP contribution in [0.1, 0.15) is 43.7 Å². The number of rotatable bonds is 6. The summed E-state index contributed by atoms with van der Waals surface area (Å²) in [6.45, 7) is 6.47. The van der Waals surface area contributed by atoms with E-state index in [1.54, 1.807) is 0 Å². The Morgan fingerprint density at radius 1 is 0.667 bits per heavy atom. The highest BCUT2D eigenvalue weighted by Gasteiger charge is 2.34. The van der Waals surface area contributed by atoms with Crippen molar-refractivity contribution in [3.05, 3.63) is 103 Å². The second-order valence-electron chi connectivity index (χ2n) is 7.45. The molecule has 135 valence electrons. The van der Waals surface area contributed by atoms with E-state index >= 15 is 0 Å². The Labute approximate surface area is 162 Å². The highest BCUT2D eigenvalue weighted by Crippen LogP contribution is 2.45. The Morgan fingerprint density at radius 3 is 1.63 bits per heavy atom. The fourth-order valence-electron chi connectivity index (χ4n) is 4.68. The van der Waals surface area contributed by atoms with Crippen molar-refractivity contribution in [1.82, 2.24) is 0 Å². The van der Waals surface area contributed by atoms with Crippen molar-refractivity contribution in [2.24, 2.45) is 0 Å². The zero-order valence-electron chi connectivity index (χ0n) is 16.1. The van der Waals surface area contributed by atoms with Crippen molar-refractivity contribution < 1.29 is 0 Å². The van der Waals surface area contributed by atoms with E-state index in [1.165, 1.54) is 32.7 Å². The predicted octanol–water partition coefficient (Wildman–Crippen LogP) is 7.69. The molecule has 0 fully saturated rings. The minimum atomic E-state index is -0.000579. The average Bonchev–Trinajstić information content (AvgIpc) is 2.74. The van der Waals surface area contributed by atoms with Crippen molar-refractivity contribution in [3.63, 3.8) is 0 Å². The van der Waals surface area contributed by atoms with Crippen LogP contribution in [-0.4, -0.2) is 0 Å². The minimum Gasteiger partial charge on any atom is -0.0642 e. The molecular formula is C27H27. The standard InChI is InChI=1S/C27H27/c1-3-5-20-27(4-2,25-18-10-14-21-12-6-8-16-23(21)25)26-19-11-15-22-13-7-9-17-24(22)26/h6-19H,1,3-5,20H2,2H3. The van der Waals surface area contributed by atoms with Crippen molar-refractivity contribution >= 4 is 21.5 Å². The first kappa shape index (κ1) is 17.8. The van der Waals surface area contributed by atoms with Crippen molar-refractivity contribution in [2.75, 3.05) is 0 Å². The molecule has 0 aromatic heterocycles. The molecule has 0 nitrogen and oxygen atoms in total. The third-order valence-electron chi connectivity index (χ3n) is 6.07. The van der Waals surface area contributed by atoms with E-state index in [2.05, 4.69) is 98.8 Å². The molecule has 4 aromatic rings. The van der Waals surface area contributed by atoms with Crippen LogP contribution in [0.4, 0.5) is 0 Å². The summed E-state index contributed by atoms with van der Waals surface area (Å²) in [6, 6.07) is 31.2. The van der Waals surface area contributed by atoms with Crippen LogP contribution in [0.15, 0.2) is 84.9 Å². The van der Waals surface area contributed by atoms with E-state index in [1.807, 2.05) is 0 Å². The Kier molecular flexibility index (Phi) is 4.99. The number of hydrogen-bond donors (Lipinski definition) is 0. The van der Waals surface area contributed by atoms with Gasteiger partial charge in [-0.1, -0.05) is 112 Å². The van der Waals surface area contributed by atoms with Crippen LogP contribution < -0.4 is 0 Å². The van der Waals surface area contributed by atoms with Gasteiger partial charge >= 0.3 is 0 Å². The minimum absolute atomic E-state index is 0.000579. The van der Waals surface area contributed by atoms with Crippen molar-refractivity contribution in [1.29, 1.82) is 0 Å². The van der Waals surface area contributed by atoms with Crippen LogP contribution in [0, 0.1) is 6.92 Å². The normalized spacial score (nSPS) is 11.9. The molecule has 0 heterocycles. The zero-order valence-corrected chi connectivity index (χ0v) is 16.1. The molecule has 0 atom stereocenters. The van der Waals surface area contributed by atoms with Crippen LogP contribution >= 0.6 is 0 Å². The summed E-state index contributed by atoms with van der Waals surface area (Å²) in [6.07, 6.45) is 4.29. The summed E-state index contributed by atoms with van der Waals surface area (Å²) >= 11 is 0. The monoisotopic (exact) mass is 351 g/mol. The maximum absolute atomic E-state index is 4.14. The molecule has 0 aliphatic heterocycles. The second kappa shape index (κ2) is 7.56. The maximum Gasteiger partial charge on any atom is 0.0212 e. The van der Waals surface area contributed by atoms with Gasteiger partial charge in [-0.05, 0) is 45.5 Å². The van der Waals surface area contributed by atoms with E-state index in [9.17, 15) is 0 Å². The molecule has 0 amide bonds. The van der Waals surface area contributed by atoms with E-state index in [-0.39, 0.29) is 5.41 Å². The van der Waals surface area contributed by atoms with Crippen LogP contribution in [-0.2, 0) is 5.41 Å². The first-order chi connectivity index (χ1) is 13.3. The van der Waals surface area contributed by atoms with Crippen LogP contribution in [0.25, 0.3) is 21.5 Å². The smallest absolute Gasteiger partial charge is 0.0212 e. The van der Waals surface area contributed by atoms with E-state index in [4.69, 9.17) is 0 Å². The van der Waals surface area contributed by atoms with Gasteiger partial charge in [0.15, 0.2) is 0 Å². The SMILES string of the molecule is [CH2]CCCC(CC)(c1cccc2ccccc12)c1cccc2ccccc12. The number of unbranched alkanes of at least 4 members (excludes halogenated alkanes) is 1. The van der Waals surface area contributed by atoms with Gasteiger partial charge in [0.1, 0.15) is 0 Å². The van der Waals surface area contributed by atoms with Crippen LogP contribution in [0.3, 0.4) is 0 Å². The summed E-state index contributed by atoms with van der Waals surface area (Å²) in [5, 5.41) is 5.39. The molecule has 4 rings (SSSR count). The quantitative estimate of drug-likeness (QED) is 0.334. The van der Waals surface area contributed by atoms with Gasteiger partial charge in [-0.3, -0.25) is 0 Å². The summed E-state index contributed by atoms with van der Waals surface area (Å²) < 4.78 is 0. The molecule has 0 saturated heterocycles. The summed E-state index contributed by atoms with van der Waals surface area (Å²) in [7, 11) is 0. The highest BCUT2D eigenvalue weighted by atomic mass is 14.4. The lowest BCUT2D eigenvalue weighted by atomic mass is 9.67. The van der Waals surface area contributed by atoms with Gasteiger partial charge in [0, 0.05) is 5.41 Å². The average molecular weight is 352 g/mol. The molecule has 27 heavy (non-hydrogen) atoms. The van der Waals surface area contributed by atoms with E-state index in [0.29, 0.717) is 0 Å². The molecule has 4 aromatic carbocycles. The number of hydrogen-bond acceptors (Lipinski definition) is 0. The lowest BCUT2D eigenvalue weighted by Gasteiger charge is -2.36. The number of fused-ring (bicyclic) bond motifs is 2. The summed E-state index contributed by atoms with van der Waals surface area (Å²) in [4.78, 5) is 0. The summed E-state index contributed by atoms with van der Waals surface area (Å²) in [5.41, 5.74) is 2.90. The molecular weight excluding hydrogens is 324 g/mol. The Balaban J connectivity index is 2.06. The first-order valence-corrected chi connectivity index (χ1v) is 10.1. The van der Waals surface area contributed by atoms with Crippen molar-refractivity contribution in [2.45, 2.75) is 38.0 Å². The lowest BCUT2D eigenvalue weighted by molar-refractivity contribution is 0.448. The van der Waals surface area contributed by atoms with Crippen LogP contribution in [0.2, 0.25) is 0 Å². The van der Waals surface area contributed by atoms with Gasteiger partial charge in [0.2, 0.25) is 0 Å². The predicted molar refractivity (Wildman–Crippen MR) is 118 cm³/mol. The largest absolute Gasteiger partial charge is 0.0642 e. The van der Waals surface area contributed by atoms with Gasteiger partial charge in [0.25, 0.3) is 0 Å².